The first kappa shape index (κ1) is 12.3. The standard InChI is InChI=1S/C12H15NO6/c1-12-7(19-12)3-5-6(9(14)15)4-17-10(8(5)12)18-11(16)13-2/h4-5,7-8,10H,3H2,1-2H3,(H,13,16)(H,14,15). The summed E-state index contributed by atoms with van der Waals surface area (Å²) in [7, 11) is 1.45. The van der Waals surface area contributed by atoms with Crippen molar-refractivity contribution >= 4 is 12.1 Å². The summed E-state index contributed by atoms with van der Waals surface area (Å²) in [5.74, 6) is -1.49. The SMILES string of the molecule is CNC(=O)OC1OC=C(C(=O)O)C2CC3OC3(C)C12. The van der Waals surface area contributed by atoms with Crippen molar-refractivity contribution in [1.82, 2.24) is 5.32 Å². The van der Waals surface area contributed by atoms with Gasteiger partial charge in [0.2, 0.25) is 0 Å². The minimum Gasteiger partial charge on any atom is -0.478 e. The first-order chi connectivity index (χ1) is 8.97. The molecular weight excluding hydrogens is 254 g/mol. The van der Waals surface area contributed by atoms with Crippen molar-refractivity contribution < 1.29 is 28.9 Å². The lowest BCUT2D eigenvalue weighted by Gasteiger charge is -2.35. The molecule has 0 spiro atoms. The van der Waals surface area contributed by atoms with E-state index >= 15 is 0 Å². The van der Waals surface area contributed by atoms with Crippen molar-refractivity contribution in [3.05, 3.63) is 11.8 Å². The van der Waals surface area contributed by atoms with E-state index in [4.69, 9.17) is 14.2 Å². The van der Waals surface area contributed by atoms with Crippen LogP contribution in [0.4, 0.5) is 4.79 Å². The van der Waals surface area contributed by atoms with E-state index in [0.717, 1.165) is 0 Å². The average molecular weight is 269 g/mol. The van der Waals surface area contributed by atoms with Gasteiger partial charge >= 0.3 is 12.1 Å². The third kappa shape index (κ3) is 1.68. The Morgan fingerprint density at radius 1 is 1.58 bits per heavy atom. The fourth-order valence-electron chi connectivity index (χ4n) is 3.19. The molecule has 0 aromatic heterocycles. The molecule has 2 fully saturated rings. The lowest BCUT2D eigenvalue weighted by atomic mass is 9.82. The van der Waals surface area contributed by atoms with E-state index in [0.29, 0.717) is 6.42 Å². The van der Waals surface area contributed by atoms with Gasteiger partial charge in [0.1, 0.15) is 5.60 Å². The predicted octanol–water partition coefficient (Wildman–Crippen LogP) is 0.461. The number of carbonyl (C=O) groups is 2. The number of amides is 1. The molecule has 5 atom stereocenters. The summed E-state index contributed by atoms with van der Waals surface area (Å²) >= 11 is 0. The van der Waals surface area contributed by atoms with E-state index in [1.54, 1.807) is 0 Å². The van der Waals surface area contributed by atoms with E-state index in [2.05, 4.69) is 5.32 Å². The van der Waals surface area contributed by atoms with Crippen LogP contribution in [0, 0.1) is 11.8 Å². The molecule has 2 heterocycles. The Bertz CT molecular complexity index is 475. The minimum atomic E-state index is -1.00. The van der Waals surface area contributed by atoms with Gasteiger partial charge < -0.3 is 24.6 Å². The summed E-state index contributed by atoms with van der Waals surface area (Å²) < 4.78 is 16.0. The largest absolute Gasteiger partial charge is 0.478 e. The summed E-state index contributed by atoms with van der Waals surface area (Å²) in [5, 5.41) is 11.5. The van der Waals surface area contributed by atoms with Crippen molar-refractivity contribution in [2.45, 2.75) is 31.3 Å². The fourth-order valence-corrected chi connectivity index (χ4v) is 3.19. The quantitative estimate of drug-likeness (QED) is 0.707. The van der Waals surface area contributed by atoms with Crippen LogP contribution >= 0.6 is 0 Å². The molecule has 1 aliphatic carbocycles. The van der Waals surface area contributed by atoms with Gasteiger partial charge in [-0.05, 0) is 13.3 Å². The highest BCUT2D eigenvalue weighted by Crippen LogP contribution is 2.60. The minimum absolute atomic E-state index is 0.0164. The average Bonchev–Trinajstić information content (AvgIpc) is 2.91. The zero-order chi connectivity index (χ0) is 13.8. The zero-order valence-electron chi connectivity index (χ0n) is 10.6. The van der Waals surface area contributed by atoms with Crippen LogP contribution in [-0.2, 0) is 19.0 Å². The topological polar surface area (TPSA) is 97.4 Å². The molecule has 2 aliphatic heterocycles. The van der Waals surface area contributed by atoms with Crippen molar-refractivity contribution in [2.75, 3.05) is 7.05 Å². The number of alkyl carbamates (subject to hydrolysis) is 1. The smallest absolute Gasteiger partial charge is 0.409 e. The lowest BCUT2D eigenvalue weighted by Crippen LogP contribution is -2.44. The monoisotopic (exact) mass is 269 g/mol. The second kappa shape index (κ2) is 3.86. The van der Waals surface area contributed by atoms with E-state index in [-0.39, 0.29) is 23.5 Å². The van der Waals surface area contributed by atoms with E-state index in [1.807, 2.05) is 6.92 Å². The third-order valence-electron chi connectivity index (χ3n) is 4.24. The first-order valence-corrected chi connectivity index (χ1v) is 6.12. The Morgan fingerprint density at radius 3 is 2.95 bits per heavy atom. The van der Waals surface area contributed by atoms with Gasteiger partial charge in [-0.15, -0.1) is 0 Å². The summed E-state index contributed by atoms with van der Waals surface area (Å²) in [6, 6.07) is 0. The number of hydrogen-bond donors (Lipinski definition) is 2. The number of epoxide rings is 1. The second-order valence-corrected chi connectivity index (χ2v) is 5.20. The molecule has 7 heteroatoms. The lowest BCUT2D eigenvalue weighted by molar-refractivity contribution is -0.148. The first-order valence-electron chi connectivity index (χ1n) is 6.12. The highest BCUT2D eigenvalue weighted by atomic mass is 16.7. The molecule has 5 unspecified atom stereocenters. The van der Waals surface area contributed by atoms with E-state index in [1.165, 1.54) is 13.3 Å². The van der Waals surface area contributed by atoms with Gasteiger partial charge in [-0.3, -0.25) is 0 Å². The number of carboxylic acid groups (broad SMARTS) is 1. The van der Waals surface area contributed by atoms with Crippen LogP contribution in [0.15, 0.2) is 11.8 Å². The van der Waals surface area contributed by atoms with Crippen molar-refractivity contribution in [3.63, 3.8) is 0 Å². The zero-order valence-corrected chi connectivity index (χ0v) is 10.6. The second-order valence-electron chi connectivity index (χ2n) is 5.20. The molecule has 2 N–H and O–H groups in total. The van der Waals surface area contributed by atoms with Crippen LogP contribution in [0.2, 0.25) is 0 Å². The van der Waals surface area contributed by atoms with E-state index < -0.39 is 24.0 Å². The summed E-state index contributed by atoms with van der Waals surface area (Å²) in [6.07, 6.45) is 0.401. The van der Waals surface area contributed by atoms with Gasteiger partial charge in [0, 0.05) is 13.0 Å². The Labute approximate surface area is 109 Å². The molecule has 3 aliphatic rings. The van der Waals surface area contributed by atoms with Crippen LogP contribution in [0.3, 0.4) is 0 Å². The van der Waals surface area contributed by atoms with Crippen molar-refractivity contribution in [1.29, 1.82) is 0 Å². The van der Waals surface area contributed by atoms with Crippen molar-refractivity contribution in [3.8, 4) is 0 Å². The normalized spacial score (nSPS) is 42.3. The number of carboxylic acids is 1. The van der Waals surface area contributed by atoms with Crippen LogP contribution in [0.25, 0.3) is 0 Å². The number of fused-ring (bicyclic) bond motifs is 3. The summed E-state index contributed by atoms with van der Waals surface area (Å²) in [4.78, 5) is 22.5. The molecule has 1 saturated heterocycles. The molecule has 3 rings (SSSR count). The molecule has 7 nitrogen and oxygen atoms in total. The number of hydrogen-bond acceptors (Lipinski definition) is 5. The fraction of sp³-hybridized carbons (Fsp3) is 0.667. The highest BCUT2D eigenvalue weighted by Gasteiger charge is 2.70. The molecule has 104 valence electrons. The molecule has 1 saturated carbocycles. The Kier molecular flexibility index (Phi) is 2.50. The maximum absolute atomic E-state index is 11.3. The Morgan fingerprint density at radius 2 is 2.32 bits per heavy atom. The van der Waals surface area contributed by atoms with Crippen LogP contribution in [0.1, 0.15) is 13.3 Å². The summed E-state index contributed by atoms with van der Waals surface area (Å²) in [6.45, 7) is 1.90. The maximum atomic E-state index is 11.3. The molecule has 1 amide bonds. The van der Waals surface area contributed by atoms with E-state index in [9.17, 15) is 14.7 Å². The number of rotatable bonds is 2. The van der Waals surface area contributed by atoms with Crippen LogP contribution in [0.5, 0.6) is 0 Å². The number of ether oxygens (including phenoxy) is 3. The summed E-state index contributed by atoms with van der Waals surface area (Å²) in [5.41, 5.74) is -0.239. The van der Waals surface area contributed by atoms with Crippen LogP contribution in [-0.4, -0.2) is 42.2 Å². The van der Waals surface area contributed by atoms with Crippen molar-refractivity contribution in [2.24, 2.45) is 11.8 Å². The van der Waals surface area contributed by atoms with Gasteiger partial charge in [0.15, 0.2) is 0 Å². The van der Waals surface area contributed by atoms with Gasteiger partial charge in [0.25, 0.3) is 6.29 Å². The molecule has 0 aromatic carbocycles. The molecule has 0 aromatic rings. The predicted molar refractivity (Wildman–Crippen MR) is 61.0 cm³/mol. The third-order valence-corrected chi connectivity index (χ3v) is 4.24. The number of aliphatic carboxylic acids is 1. The highest BCUT2D eigenvalue weighted by molar-refractivity contribution is 5.87. The Hall–Kier alpha value is -1.76. The van der Waals surface area contributed by atoms with Crippen LogP contribution < -0.4 is 5.32 Å². The molecule has 19 heavy (non-hydrogen) atoms. The maximum Gasteiger partial charge on any atom is 0.409 e. The van der Waals surface area contributed by atoms with Gasteiger partial charge in [-0.25, -0.2) is 9.59 Å². The van der Waals surface area contributed by atoms with Gasteiger partial charge in [-0.1, -0.05) is 0 Å². The van der Waals surface area contributed by atoms with Gasteiger partial charge in [0.05, 0.1) is 23.9 Å². The number of nitrogens with one attached hydrogen (secondary N) is 1. The number of carbonyl (C=O) groups excluding carboxylic acids is 1. The van der Waals surface area contributed by atoms with Gasteiger partial charge in [-0.2, -0.15) is 0 Å². The molecule has 0 radical (unpaired) electrons. The molecular formula is C12H15NO6. The molecule has 0 bridgehead atoms. The Balaban J connectivity index is 1.87.